The fourth-order valence-electron chi connectivity index (χ4n) is 4.32. The molecule has 1 N–H and O–H groups in total. The minimum Gasteiger partial charge on any atom is -0.497 e. The van der Waals surface area contributed by atoms with Crippen molar-refractivity contribution in [2.24, 2.45) is 5.92 Å². The van der Waals surface area contributed by atoms with Gasteiger partial charge in [0.1, 0.15) is 18.1 Å². The Bertz CT molecular complexity index is 898. The highest BCUT2D eigenvalue weighted by Gasteiger charge is 2.34. The van der Waals surface area contributed by atoms with Crippen molar-refractivity contribution in [3.63, 3.8) is 0 Å². The number of ether oxygens (including phenoxy) is 2. The molecule has 2 aliphatic rings. The summed E-state index contributed by atoms with van der Waals surface area (Å²) in [6.07, 6.45) is 3.65. The molecular weight excluding hydrogens is 424 g/mol. The molecule has 1 aromatic carbocycles. The summed E-state index contributed by atoms with van der Waals surface area (Å²) in [4.78, 5) is 18.9. The Morgan fingerprint density at radius 1 is 1.31 bits per heavy atom. The van der Waals surface area contributed by atoms with Crippen molar-refractivity contribution in [1.29, 1.82) is 0 Å². The van der Waals surface area contributed by atoms with Crippen LogP contribution in [0.5, 0.6) is 11.5 Å². The van der Waals surface area contributed by atoms with Gasteiger partial charge in [-0.3, -0.25) is 9.69 Å². The molecule has 0 bridgehead atoms. The van der Waals surface area contributed by atoms with Gasteiger partial charge < -0.3 is 19.5 Å². The highest BCUT2D eigenvalue weighted by molar-refractivity contribution is 7.10. The second-order valence-corrected chi connectivity index (χ2v) is 9.84. The number of methoxy groups -OCH3 is 1. The van der Waals surface area contributed by atoms with Gasteiger partial charge in [0.2, 0.25) is 5.91 Å². The molecular formula is C25H34N2O4S. The smallest absolute Gasteiger partial charge is 0.237 e. The monoisotopic (exact) mass is 458 g/mol. The molecule has 0 radical (unpaired) electrons. The Hall–Kier alpha value is -2.09. The molecule has 0 unspecified atom stereocenters. The lowest BCUT2D eigenvalue weighted by Gasteiger charge is -2.37. The van der Waals surface area contributed by atoms with Gasteiger partial charge in [-0.2, -0.15) is 0 Å². The molecule has 174 valence electrons. The number of thiophene rings is 1. The van der Waals surface area contributed by atoms with E-state index in [-0.39, 0.29) is 11.9 Å². The Morgan fingerprint density at radius 3 is 2.88 bits per heavy atom. The van der Waals surface area contributed by atoms with E-state index >= 15 is 0 Å². The molecule has 6 nitrogen and oxygen atoms in total. The predicted octanol–water partition coefficient (Wildman–Crippen LogP) is 3.74. The van der Waals surface area contributed by atoms with E-state index in [9.17, 15) is 9.90 Å². The minimum absolute atomic E-state index is 0.109. The lowest BCUT2D eigenvalue weighted by atomic mass is 10.0. The third-order valence-corrected chi connectivity index (χ3v) is 7.37. The van der Waals surface area contributed by atoms with Gasteiger partial charge in [0, 0.05) is 30.6 Å². The first-order chi connectivity index (χ1) is 15.6. The highest BCUT2D eigenvalue weighted by Crippen LogP contribution is 2.35. The second-order valence-electron chi connectivity index (χ2n) is 8.84. The molecule has 2 heterocycles. The minimum atomic E-state index is -0.390. The SMILES string of the molecule is CC[C@@H](O)CN(CC(=O)N1CCc2sccc2[C@H]1COc1cccc(OC)c1)CC1CC1. The largest absolute Gasteiger partial charge is 0.497 e. The van der Waals surface area contributed by atoms with Gasteiger partial charge in [0.25, 0.3) is 0 Å². The van der Waals surface area contributed by atoms with Crippen LogP contribution in [0.2, 0.25) is 0 Å². The fourth-order valence-corrected chi connectivity index (χ4v) is 5.25. The number of aliphatic hydroxyl groups excluding tert-OH is 1. The number of benzene rings is 1. The third-order valence-electron chi connectivity index (χ3n) is 6.38. The van der Waals surface area contributed by atoms with Gasteiger partial charge >= 0.3 is 0 Å². The first kappa shape index (κ1) is 23.1. The van der Waals surface area contributed by atoms with E-state index in [1.807, 2.05) is 36.1 Å². The molecule has 1 aromatic heterocycles. The average Bonchev–Trinajstić information content (AvgIpc) is 3.49. The number of aliphatic hydroxyl groups is 1. The number of rotatable bonds is 11. The van der Waals surface area contributed by atoms with Crippen molar-refractivity contribution in [3.8, 4) is 11.5 Å². The molecule has 1 saturated carbocycles. The fraction of sp³-hybridized carbons (Fsp3) is 0.560. The number of nitrogens with zero attached hydrogens (tertiary/aromatic N) is 2. The van der Waals surface area contributed by atoms with Gasteiger partial charge in [-0.25, -0.2) is 0 Å². The van der Waals surface area contributed by atoms with Gasteiger partial charge in [0.05, 0.1) is 25.8 Å². The predicted molar refractivity (Wildman–Crippen MR) is 126 cm³/mol. The first-order valence-electron chi connectivity index (χ1n) is 11.6. The van der Waals surface area contributed by atoms with E-state index in [2.05, 4.69) is 16.3 Å². The number of hydrogen-bond acceptors (Lipinski definition) is 6. The maximum absolute atomic E-state index is 13.5. The van der Waals surface area contributed by atoms with Crippen molar-refractivity contribution in [2.45, 2.75) is 44.8 Å². The van der Waals surface area contributed by atoms with Gasteiger partial charge in [-0.15, -0.1) is 11.3 Å². The van der Waals surface area contributed by atoms with E-state index in [1.54, 1.807) is 18.4 Å². The number of carbonyl (C=O) groups excluding carboxylic acids is 1. The number of fused-ring (bicyclic) bond motifs is 1. The van der Waals surface area contributed by atoms with Crippen molar-refractivity contribution in [1.82, 2.24) is 9.80 Å². The van der Waals surface area contributed by atoms with Crippen LogP contribution in [-0.2, 0) is 11.2 Å². The van der Waals surface area contributed by atoms with Crippen LogP contribution in [0.3, 0.4) is 0 Å². The lowest BCUT2D eigenvalue weighted by molar-refractivity contribution is -0.136. The van der Waals surface area contributed by atoms with Gasteiger partial charge in [0.15, 0.2) is 0 Å². The van der Waals surface area contributed by atoms with Crippen molar-refractivity contribution in [2.75, 3.05) is 39.9 Å². The molecule has 1 fully saturated rings. The van der Waals surface area contributed by atoms with Crippen LogP contribution in [0.4, 0.5) is 0 Å². The summed E-state index contributed by atoms with van der Waals surface area (Å²) < 4.78 is 11.4. The zero-order valence-electron chi connectivity index (χ0n) is 19.0. The summed E-state index contributed by atoms with van der Waals surface area (Å²) in [5.41, 5.74) is 1.19. The van der Waals surface area contributed by atoms with Crippen molar-refractivity contribution < 1.29 is 19.4 Å². The van der Waals surface area contributed by atoms with E-state index in [4.69, 9.17) is 9.47 Å². The quantitative estimate of drug-likeness (QED) is 0.556. The molecule has 1 aliphatic carbocycles. The highest BCUT2D eigenvalue weighted by atomic mass is 32.1. The van der Waals surface area contributed by atoms with Crippen LogP contribution in [0.15, 0.2) is 35.7 Å². The van der Waals surface area contributed by atoms with E-state index in [0.717, 1.165) is 24.5 Å². The average molecular weight is 459 g/mol. The van der Waals surface area contributed by atoms with Crippen molar-refractivity contribution in [3.05, 3.63) is 46.2 Å². The van der Waals surface area contributed by atoms with Gasteiger partial charge in [-0.05, 0) is 60.7 Å². The Labute approximate surface area is 194 Å². The summed E-state index contributed by atoms with van der Waals surface area (Å²) in [7, 11) is 1.64. The van der Waals surface area contributed by atoms with Crippen LogP contribution >= 0.6 is 11.3 Å². The van der Waals surface area contributed by atoms with E-state index < -0.39 is 6.10 Å². The topological polar surface area (TPSA) is 62.2 Å². The van der Waals surface area contributed by atoms with E-state index in [0.29, 0.717) is 38.6 Å². The Kier molecular flexibility index (Phi) is 7.71. The van der Waals surface area contributed by atoms with Crippen molar-refractivity contribution >= 4 is 17.2 Å². The zero-order chi connectivity index (χ0) is 22.5. The molecule has 0 saturated heterocycles. The van der Waals surface area contributed by atoms with E-state index in [1.165, 1.54) is 23.3 Å². The summed E-state index contributed by atoms with van der Waals surface area (Å²) >= 11 is 1.76. The number of carbonyl (C=O) groups is 1. The standard InChI is InChI=1S/C25H34N2O4S/c1-3-19(28)15-26(14-18-7-8-18)16-25(29)27-11-9-24-22(10-12-32-24)23(27)17-31-21-6-4-5-20(13-21)30-2/h4-6,10,12-13,18-19,23,28H,3,7-9,11,14-17H2,1-2H3/t19-,23-/m1/s1. The summed E-state index contributed by atoms with van der Waals surface area (Å²) in [6, 6.07) is 9.59. The maximum atomic E-state index is 13.5. The number of amides is 1. The molecule has 1 amide bonds. The summed E-state index contributed by atoms with van der Waals surface area (Å²) in [5.74, 6) is 2.27. The molecule has 2 aromatic rings. The molecule has 1 aliphatic heterocycles. The Balaban J connectivity index is 1.46. The molecule has 0 spiro atoms. The van der Waals surface area contributed by atoms with Crippen LogP contribution < -0.4 is 9.47 Å². The molecule has 32 heavy (non-hydrogen) atoms. The first-order valence-corrected chi connectivity index (χ1v) is 12.5. The second kappa shape index (κ2) is 10.7. The van der Waals surface area contributed by atoms with Gasteiger partial charge in [-0.1, -0.05) is 13.0 Å². The number of hydrogen-bond donors (Lipinski definition) is 1. The van der Waals surface area contributed by atoms with Crippen LogP contribution in [0.1, 0.15) is 42.7 Å². The van der Waals surface area contributed by atoms with Crippen LogP contribution in [0, 0.1) is 5.92 Å². The molecule has 4 rings (SSSR count). The van der Waals surface area contributed by atoms with Crippen LogP contribution in [-0.4, -0.2) is 66.8 Å². The molecule has 7 heteroatoms. The Morgan fingerprint density at radius 2 is 2.12 bits per heavy atom. The maximum Gasteiger partial charge on any atom is 0.237 e. The molecule has 2 atom stereocenters. The lowest BCUT2D eigenvalue weighted by Crippen LogP contribution is -2.48. The zero-order valence-corrected chi connectivity index (χ0v) is 19.9. The summed E-state index contributed by atoms with van der Waals surface area (Å²) in [5, 5.41) is 12.3. The third kappa shape index (κ3) is 5.82. The summed E-state index contributed by atoms with van der Waals surface area (Å²) in [6.45, 7) is 4.89. The van der Waals surface area contributed by atoms with Crippen LogP contribution in [0.25, 0.3) is 0 Å². The normalized spacial score (nSPS) is 19.0.